The summed E-state index contributed by atoms with van der Waals surface area (Å²) in [5.41, 5.74) is 2.71. The molecule has 5 heteroatoms. The molecule has 4 rings (SSSR count). The topological polar surface area (TPSA) is 55.2 Å². The molecule has 0 radical (unpaired) electrons. The maximum absolute atomic E-state index is 13.4. The van der Waals surface area contributed by atoms with Crippen molar-refractivity contribution < 1.29 is 4.79 Å². The van der Waals surface area contributed by atoms with Gasteiger partial charge in [0.1, 0.15) is 0 Å². The second-order valence-corrected chi connectivity index (χ2v) is 7.04. The Labute approximate surface area is 158 Å². The Bertz CT molecular complexity index is 1070. The molecule has 5 nitrogen and oxygen atoms in total. The number of hydrogen-bond acceptors (Lipinski definition) is 3. The van der Waals surface area contributed by atoms with Gasteiger partial charge in [-0.1, -0.05) is 42.5 Å². The normalized spacial score (nSPS) is 16.1. The van der Waals surface area contributed by atoms with Gasteiger partial charge >= 0.3 is 0 Å². The fourth-order valence-electron chi connectivity index (χ4n) is 4.05. The molecule has 0 fully saturated rings. The quantitative estimate of drug-likeness (QED) is 0.717. The molecule has 2 aromatic carbocycles. The summed E-state index contributed by atoms with van der Waals surface area (Å²) in [4.78, 5) is 27.7. The average Bonchev–Trinajstić information content (AvgIpc) is 2.73. The van der Waals surface area contributed by atoms with E-state index in [1.165, 1.54) is 15.8 Å². The van der Waals surface area contributed by atoms with Gasteiger partial charge in [-0.2, -0.15) is 5.10 Å². The number of nitrogens with zero attached hydrogens (tertiary/aromatic N) is 3. The van der Waals surface area contributed by atoms with Gasteiger partial charge in [0, 0.05) is 19.0 Å². The molecule has 1 aliphatic carbocycles. The van der Waals surface area contributed by atoms with Crippen LogP contribution in [0, 0.1) is 0 Å². The van der Waals surface area contributed by atoms with Crippen LogP contribution in [0.25, 0.3) is 10.8 Å². The number of fused-ring (bicyclic) bond motifs is 2. The highest BCUT2D eigenvalue weighted by molar-refractivity contribution is 6.04. The lowest BCUT2D eigenvalue weighted by molar-refractivity contribution is 0.0708. The average molecular weight is 361 g/mol. The predicted octanol–water partition coefficient (Wildman–Crippen LogP) is 3.57. The van der Waals surface area contributed by atoms with E-state index in [1.807, 2.05) is 32.2 Å². The Morgan fingerprint density at radius 1 is 1.15 bits per heavy atom. The Balaban J connectivity index is 1.80. The minimum absolute atomic E-state index is 0.0324. The molecule has 1 atom stereocenters. The summed E-state index contributed by atoms with van der Waals surface area (Å²) in [5.74, 6) is -0.143. The molecule has 0 aliphatic heterocycles. The molecule has 1 aliphatic rings. The summed E-state index contributed by atoms with van der Waals surface area (Å²) in [6.07, 6.45) is 3.04. The fourth-order valence-corrected chi connectivity index (χ4v) is 4.05. The Morgan fingerprint density at radius 2 is 1.85 bits per heavy atom. The molecule has 0 bridgehead atoms. The third kappa shape index (κ3) is 2.93. The number of amides is 1. The van der Waals surface area contributed by atoms with Gasteiger partial charge in [-0.05, 0) is 43.4 Å². The molecule has 1 unspecified atom stereocenters. The maximum Gasteiger partial charge on any atom is 0.275 e. The van der Waals surface area contributed by atoms with Crippen LogP contribution in [0.2, 0.25) is 0 Å². The lowest BCUT2D eigenvalue weighted by Crippen LogP contribution is -2.35. The van der Waals surface area contributed by atoms with Crippen LogP contribution in [0.5, 0.6) is 0 Å². The van der Waals surface area contributed by atoms with Gasteiger partial charge in [0.25, 0.3) is 11.5 Å². The van der Waals surface area contributed by atoms with E-state index in [4.69, 9.17) is 0 Å². The second kappa shape index (κ2) is 6.99. The number of aromatic nitrogens is 2. The molecule has 1 aromatic heterocycles. The number of rotatable bonds is 3. The van der Waals surface area contributed by atoms with Crippen LogP contribution in [-0.2, 0) is 13.0 Å². The summed E-state index contributed by atoms with van der Waals surface area (Å²) in [5, 5.41) is 5.56. The van der Waals surface area contributed by atoms with Crippen molar-refractivity contribution >= 4 is 16.7 Å². The molecule has 27 heavy (non-hydrogen) atoms. The number of carbonyl (C=O) groups excluding carboxylic acids is 1. The van der Waals surface area contributed by atoms with E-state index in [9.17, 15) is 9.59 Å². The van der Waals surface area contributed by atoms with E-state index in [-0.39, 0.29) is 17.5 Å². The fraction of sp³-hybridized carbons (Fsp3) is 0.318. The molecule has 0 saturated carbocycles. The SMILES string of the molecule is CCn1nc(C(=O)N(C)C2CCCc3ccccc32)c2ccccc2c1=O. The lowest BCUT2D eigenvalue weighted by Gasteiger charge is -2.33. The first-order valence-electron chi connectivity index (χ1n) is 9.46. The molecular formula is C22H23N3O2. The van der Waals surface area contributed by atoms with Gasteiger partial charge in [0.2, 0.25) is 0 Å². The number of aryl methyl sites for hydroxylation is 2. The van der Waals surface area contributed by atoms with Crippen LogP contribution in [0.15, 0.2) is 53.3 Å². The van der Waals surface area contributed by atoms with Crippen molar-refractivity contribution in [3.8, 4) is 0 Å². The zero-order chi connectivity index (χ0) is 19.0. The highest BCUT2D eigenvalue weighted by atomic mass is 16.2. The largest absolute Gasteiger partial charge is 0.333 e. The van der Waals surface area contributed by atoms with Crippen molar-refractivity contribution in [1.82, 2.24) is 14.7 Å². The molecule has 0 saturated heterocycles. The van der Waals surface area contributed by atoms with E-state index in [0.717, 1.165) is 19.3 Å². The van der Waals surface area contributed by atoms with Gasteiger partial charge in [-0.3, -0.25) is 9.59 Å². The molecule has 0 spiro atoms. The number of benzene rings is 2. The Kier molecular flexibility index (Phi) is 4.52. The van der Waals surface area contributed by atoms with Crippen LogP contribution in [0.4, 0.5) is 0 Å². The third-order valence-corrected chi connectivity index (χ3v) is 5.50. The minimum Gasteiger partial charge on any atom is -0.333 e. The maximum atomic E-state index is 13.4. The van der Waals surface area contributed by atoms with Crippen molar-refractivity contribution in [2.75, 3.05) is 7.05 Å². The standard InChI is InChI=1S/C22H23N3O2/c1-3-25-21(26)18-13-7-6-12-17(18)20(23-25)22(27)24(2)19-14-8-10-15-9-4-5-11-16(15)19/h4-7,9,11-13,19H,3,8,10,14H2,1-2H3. The van der Waals surface area contributed by atoms with Crippen molar-refractivity contribution in [1.29, 1.82) is 0 Å². The lowest BCUT2D eigenvalue weighted by atomic mass is 9.87. The van der Waals surface area contributed by atoms with Gasteiger partial charge < -0.3 is 4.90 Å². The predicted molar refractivity (Wildman–Crippen MR) is 106 cm³/mol. The molecule has 3 aromatic rings. The first kappa shape index (κ1) is 17.5. The minimum atomic E-state index is -0.157. The van der Waals surface area contributed by atoms with Crippen LogP contribution < -0.4 is 5.56 Å². The first-order chi connectivity index (χ1) is 13.1. The van der Waals surface area contributed by atoms with E-state index in [0.29, 0.717) is 23.0 Å². The van der Waals surface area contributed by atoms with Crippen molar-refractivity contribution in [3.05, 3.63) is 75.7 Å². The van der Waals surface area contributed by atoms with Crippen molar-refractivity contribution in [2.45, 2.75) is 38.8 Å². The van der Waals surface area contributed by atoms with Crippen LogP contribution in [0.1, 0.15) is 47.4 Å². The summed E-state index contributed by atoms with van der Waals surface area (Å²) in [6, 6.07) is 15.6. The Hall–Kier alpha value is -2.95. The smallest absolute Gasteiger partial charge is 0.275 e. The van der Waals surface area contributed by atoms with E-state index in [1.54, 1.807) is 17.0 Å². The van der Waals surface area contributed by atoms with E-state index >= 15 is 0 Å². The molecular weight excluding hydrogens is 338 g/mol. The van der Waals surface area contributed by atoms with Gasteiger partial charge in [-0.25, -0.2) is 4.68 Å². The van der Waals surface area contributed by atoms with Crippen LogP contribution in [0.3, 0.4) is 0 Å². The van der Waals surface area contributed by atoms with Crippen molar-refractivity contribution in [3.63, 3.8) is 0 Å². The second-order valence-electron chi connectivity index (χ2n) is 7.04. The molecule has 0 N–H and O–H groups in total. The number of hydrogen-bond donors (Lipinski definition) is 0. The van der Waals surface area contributed by atoms with Gasteiger partial charge in [0.05, 0.1) is 11.4 Å². The summed E-state index contributed by atoms with van der Waals surface area (Å²) < 4.78 is 1.37. The van der Waals surface area contributed by atoms with E-state index in [2.05, 4.69) is 23.3 Å². The molecule has 138 valence electrons. The van der Waals surface area contributed by atoms with Gasteiger partial charge in [0.15, 0.2) is 5.69 Å². The molecule has 1 amide bonds. The number of carbonyl (C=O) groups is 1. The Morgan fingerprint density at radius 3 is 2.63 bits per heavy atom. The van der Waals surface area contributed by atoms with Crippen LogP contribution in [-0.4, -0.2) is 27.6 Å². The highest BCUT2D eigenvalue weighted by Crippen LogP contribution is 2.34. The summed E-state index contributed by atoms with van der Waals surface area (Å²) in [7, 11) is 1.84. The zero-order valence-corrected chi connectivity index (χ0v) is 15.7. The highest BCUT2D eigenvalue weighted by Gasteiger charge is 2.29. The summed E-state index contributed by atoms with van der Waals surface area (Å²) in [6.45, 7) is 2.29. The summed E-state index contributed by atoms with van der Waals surface area (Å²) >= 11 is 0. The first-order valence-corrected chi connectivity index (χ1v) is 9.46. The van der Waals surface area contributed by atoms with Gasteiger partial charge in [-0.15, -0.1) is 0 Å². The monoisotopic (exact) mass is 361 g/mol. The van der Waals surface area contributed by atoms with Crippen molar-refractivity contribution in [2.24, 2.45) is 0 Å². The molecule has 1 heterocycles. The third-order valence-electron chi connectivity index (χ3n) is 5.50. The zero-order valence-electron chi connectivity index (χ0n) is 15.7. The van der Waals surface area contributed by atoms with E-state index < -0.39 is 0 Å². The van der Waals surface area contributed by atoms with Crippen LogP contribution >= 0.6 is 0 Å².